The van der Waals surface area contributed by atoms with E-state index in [9.17, 15) is 8.42 Å². The number of aliphatic hydroxyl groups excluding tert-OH is 1. The zero-order valence-corrected chi connectivity index (χ0v) is 23.2. The zero-order chi connectivity index (χ0) is 24.4. The largest absolute Gasteiger partial charge is 0.396 e. The monoisotopic (exact) mass is 592 g/mol. The van der Waals surface area contributed by atoms with Crippen LogP contribution in [0.5, 0.6) is 0 Å². The van der Waals surface area contributed by atoms with Crippen LogP contribution in [0, 0.1) is 16.8 Å². The van der Waals surface area contributed by atoms with Crippen molar-refractivity contribution in [1.29, 1.82) is 0 Å². The average molecular weight is 593 g/mol. The molecule has 2 N–H and O–H groups in total. The summed E-state index contributed by atoms with van der Waals surface area (Å²) in [7, 11) is -4.02. The summed E-state index contributed by atoms with van der Waals surface area (Å²) in [4.78, 5) is -0.0666. The molecule has 0 saturated carbocycles. The van der Waals surface area contributed by atoms with Crippen molar-refractivity contribution in [3.8, 4) is 9.85 Å². The quantitative estimate of drug-likeness (QED) is 0.0951. The molecule has 1 aliphatic heterocycles. The van der Waals surface area contributed by atoms with E-state index in [1.54, 1.807) is 12.1 Å². The minimum absolute atomic E-state index is 0.0666. The van der Waals surface area contributed by atoms with Gasteiger partial charge in [-0.25, -0.2) is 0 Å². The molecule has 0 amide bonds. The third kappa shape index (κ3) is 14.4. The summed E-state index contributed by atoms with van der Waals surface area (Å²) >= 11 is 2.18. The van der Waals surface area contributed by atoms with Gasteiger partial charge in [0.1, 0.15) is 6.54 Å². The summed E-state index contributed by atoms with van der Waals surface area (Å²) in [6, 6.07) is 5.99. The lowest BCUT2D eigenvalue weighted by atomic mass is 10.0. The van der Waals surface area contributed by atoms with E-state index in [0.717, 1.165) is 18.5 Å². The SMILES string of the molecule is Cc1ccc(S(=O)(=O)O)cc1.OCCCCCCCCCCC[N+]1(CC#CI)CCCCC1. The van der Waals surface area contributed by atoms with Crippen molar-refractivity contribution in [2.24, 2.45) is 0 Å². The fourth-order valence-corrected chi connectivity index (χ4v) is 5.00. The highest BCUT2D eigenvalue weighted by molar-refractivity contribution is 14.1. The number of aliphatic hydroxyl groups is 1. The molecular formula is C26H43INO4S+. The smallest absolute Gasteiger partial charge is 0.294 e. The van der Waals surface area contributed by atoms with Crippen molar-refractivity contribution in [2.45, 2.75) is 88.9 Å². The summed E-state index contributed by atoms with van der Waals surface area (Å²) in [6.07, 6.45) is 16.0. The molecule has 0 aliphatic carbocycles. The van der Waals surface area contributed by atoms with Crippen molar-refractivity contribution >= 4 is 32.7 Å². The van der Waals surface area contributed by atoms with Crippen LogP contribution < -0.4 is 0 Å². The number of hydrogen-bond acceptors (Lipinski definition) is 3. The number of hydrogen-bond donors (Lipinski definition) is 2. The van der Waals surface area contributed by atoms with Gasteiger partial charge in [-0.3, -0.25) is 4.55 Å². The number of likely N-dealkylation sites (tertiary alicyclic amines) is 1. The normalized spacial score (nSPS) is 15.2. The van der Waals surface area contributed by atoms with E-state index in [0.29, 0.717) is 6.61 Å². The number of benzene rings is 1. The second-order valence-electron chi connectivity index (χ2n) is 9.20. The van der Waals surface area contributed by atoms with Crippen LogP contribution >= 0.6 is 22.6 Å². The van der Waals surface area contributed by atoms with Crippen LogP contribution in [0.3, 0.4) is 0 Å². The first kappa shape index (κ1) is 30.4. The fraction of sp³-hybridized carbons (Fsp3) is 0.692. The molecule has 7 heteroatoms. The van der Waals surface area contributed by atoms with Gasteiger partial charge in [0, 0.05) is 29.2 Å². The highest BCUT2D eigenvalue weighted by Crippen LogP contribution is 2.20. The Bertz CT molecular complexity index is 794. The molecule has 0 radical (unpaired) electrons. The third-order valence-electron chi connectivity index (χ3n) is 6.36. The maximum atomic E-state index is 10.5. The average Bonchev–Trinajstić information content (AvgIpc) is 2.80. The van der Waals surface area contributed by atoms with E-state index in [4.69, 9.17) is 9.66 Å². The molecule has 0 aromatic heterocycles. The minimum atomic E-state index is -4.02. The van der Waals surface area contributed by atoms with Crippen LogP contribution in [0.15, 0.2) is 29.2 Å². The molecule has 0 atom stereocenters. The lowest BCUT2D eigenvalue weighted by Gasteiger charge is -2.40. The summed E-state index contributed by atoms with van der Waals surface area (Å²) in [6.45, 7) is 7.34. The predicted octanol–water partition coefficient (Wildman–Crippen LogP) is 6.13. The molecule has 0 bridgehead atoms. The summed E-state index contributed by atoms with van der Waals surface area (Å²) in [5.41, 5.74) is 0.956. The highest BCUT2D eigenvalue weighted by Gasteiger charge is 2.28. The maximum absolute atomic E-state index is 10.5. The third-order valence-corrected chi connectivity index (χ3v) is 7.60. The summed E-state index contributed by atoms with van der Waals surface area (Å²) in [5, 5.41) is 8.74. The van der Waals surface area contributed by atoms with E-state index >= 15 is 0 Å². The number of nitrogens with zero attached hydrogens (tertiary/aromatic N) is 1. The first-order valence-corrected chi connectivity index (χ1v) is 14.9. The van der Waals surface area contributed by atoms with Crippen molar-refractivity contribution < 1.29 is 22.6 Å². The van der Waals surface area contributed by atoms with E-state index < -0.39 is 10.1 Å². The molecular weight excluding hydrogens is 549 g/mol. The Hall–Kier alpha value is -0.660. The second kappa shape index (κ2) is 17.7. The van der Waals surface area contributed by atoms with Crippen molar-refractivity contribution in [3.63, 3.8) is 0 Å². The van der Waals surface area contributed by atoms with Crippen LogP contribution in [-0.4, -0.2) is 55.3 Å². The van der Waals surface area contributed by atoms with Gasteiger partial charge in [-0.1, -0.05) is 56.2 Å². The maximum Gasteiger partial charge on any atom is 0.294 e. The Labute approximate surface area is 215 Å². The van der Waals surface area contributed by atoms with Crippen LogP contribution in [0.2, 0.25) is 0 Å². The van der Waals surface area contributed by atoms with Crippen molar-refractivity contribution in [2.75, 3.05) is 32.8 Å². The number of quaternary nitrogens is 1. The minimum Gasteiger partial charge on any atom is -0.396 e. The van der Waals surface area contributed by atoms with Gasteiger partial charge < -0.3 is 9.59 Å². The van der Waals surface area contributed by atoms with Crippen molar-refractivity contribution in [1.82, 2.24) is 0 Å². The molecule has 188 valence electrons. The second-order valence-corrected chi connectivity index (χ2v) is 11.2. The van der Waals surface area contributed by atoms with E-state index in [1.165, 1.54) is 107 Å². The Balaban J connectivity index is 0.000000412. The van der Waals surface area contributed by atoms with Gasteiger partial charge >= 0.3 is 0 Å². The molecule has 0 spiro atoms. The molecule has 1 aromatic rings. The molecule has 0 unspecified atom stereocenters. The molecule has 1 fully saturated rings. The lowest BCUT2D eigenvalue weighted by molar-refractivity contribution is -0.926. The highest BCUT2D eigenvalue weighted by atomic mass is 127. The molecule has 1 aromatic carbocycles. The van der Waals surface area contributed by atoms with Crippen LogP contribution in [0.4, 0.5) is 0 Å². The Morgan fingerprint density at radius 2 is 1.39 bits per heavy atom. The Morgan fingerprint density at radius 1 is 0.879 bits per heavy atom. The van der Waals surface area contributed by atoms with E-state index in [2.05, 4.69) is 32.4 Å². The molecule has 2 rings (SSSR count). The standard InChI is InChI=1S/C19H35INO.C7H8O3S/c20-14-13-18-21(16-10-8-11-17-21)15-9-6-4-2-1-3-5-7-12-19-22;1-6-2-4-7(5-3-6)11(8,9)10/h22H,1-12,15-19H2;2-5H,1H3,(H,8,9,10)/q+1;. The van der Waals surface area contributed by atoms with E-state index in [-0.39, 0.29) is 4.90 Å². The molecule has 33 heavy (non-hydrogen) atoms. The predicted molar refractivity (Wildman–Crippen MR) is 145 cm³/mol. The number of aryl methyl sites for hydroxylation is 1. The number of halogens is 1. The van der Waals surface area contributed by atoms with Gasteiger partial charge in [0.2, 0.25) is 0 Å². The zero-order valence-electron chi connectivity index (χ0n) is 20.3. The molecule has 5 nitrogen and oxygen atoms in total. The first-order valence-electron chi connectivity index (χ1n) is 12.4. The van der Waals surface area contributed by atoms with Crippen LogP contribution in [0.1, 0.15) is 82.6 Å². The number of rotatable bonds is 13. The Kier molecular flexibility index (Phi) is 16.3. The lowest BCUT2D eigenvalue weighted by Crippen LogP contribution is -2.52. The molecule has 1 saturated heterocycles. The van der Waals surface area contributed by atoms with Gasteiger partial charge in [0.25, 0.3) is 10.1 Å². The van der Waals surface area contributed by atoms with Gasteiger partial charge in [-0.2, -0.15) is 8.42 Å². The van der Waals surface area contributed by atoms with Gasteiger partial charge in [-0.15, -0.1) is 0 Å². The van der Waals surface area contributed by atoms with Gasteiger partial charge in [-0.05, 0) is 67.4 Å². The number of unbranched alkanes of at least 4 members (excludes halogenated alkanes) is 8. The molecule has 1 heterocycles. The van der Waals surface area contributed by atoms with Gasteiger partial charge in [0.15, 0.2) is 0 Å². The fourth-order valence-electron chi connectivity index (χ4n) is 4.35. The van der Waals surface area contributed by atoms with Crippen LogP contribution in [0.25, 0.3) is 0 Å². The van der Waals surface area contributed by atoms with Crippen LogP contribution in [-0.2, 0) is 10.1 Å². The first-order chi connectivity index (χ1) is 15.8. The summed E-state index contributed by atoms with van der Waals surface area (Å²) < 4.78 is 33.9. The summed E-state index contributed by atoms with van der Waals surface area (Å²) in [5.74, 6) is 3.34. The Morgan fingerprint density at radius 3 is 1.88 bits per heavy atom. The van der Waals surface area contributed by atoms with E-state index in [1.807, 2.05) is 6.92 Å². The molecule has 1 aliphatic rings. The van der Waals surface area contributed by atoms with Crippen molar-refractivity contribution in [3.05, 3.63) is 29.8 Å². The topological polar surface area (TPSA) is 74.6 Å². The number of piperidine rings is 1. The van der Waals surface area contributed by atoms with Gasteiger partial charge in [0.05, 0.1) is 24.5 Å².